The van der Waals surface area contributed by atoms with E-state index < -0.39 is 64.4 Å². The summed E-state index contributed by atoms with van der Waals surface area (Å²) >= 11 is 12.1. The lowest BCUT2D eigenvalue weighted by atomic mass is 10.1. The Morgan fingerprint density at radius 3 is 2.37 bits per heavy atom. The van der Waals surface area contributed by atoms with Crippen LogP contribution in [0.2, 0.25) is 10.0 Å². The fourth-order valence-corrected chi connectivity index (χ4v) is 4.31. The molecule has 10 nitrogen and oxygen atoms in total. The quantitative estimate of drug-likeness (QED) is 0.271. The fourth-order valence-electron chi connectivity index (χ4n) is 3.18. The molecular weight excluding hydrogens is 629 g/mol. The maximum absolute atomic E-state index is 13.4. The zero-order valence-electron chi connectivity index (χ0n) is 20.2. The monoisotopic (exact) mass is 643 g/mol. The molecule has 3 amide bonds. The Morgan fingerprint density at radius 2 is 1.76 bits per heavy atom. The second-order valence-electron chi connectivity index (χ2n) is 7.91. The number of pyridine rings is 1. The first-order valence-corrected chi connectivity index (χ1v) is 12.9. The average molecular weight is 644 g/mol. The van der Waals surface area contributed by atoms with E-state index in [-0.39, 0.29) is 32.7 Å². The lowest BCUT2D eigenvalue weighted by Gasteiger charge is -2.16. The number of alkyl halides is 6. The topological polar surface area (TPSA) is 135 Å². The van der Waals surface area contributed by atoms with Gasteiger partial charge in [0.2, 0.25) is 0 Å². The van der Waals surface area contributed by atoms with Crippen LogP contribution in [0.1, 0.15) is 32.1 Å². The first kappa shape index (κ1) is 31.8. The minimum Gasteiger partial charge on any atom is -0.444 e. The van der Waals surface area contributed by atoms with Crippen molar-refractivity contribution in [2.45, 2.75) is 19.3 Å². The van der Waals surface area contributed by atoms with Crippen molar-refractivity contribution in [2.75, 3.05) is 17.6 Å². The van der Waals surface area contributed by atoms with Gasteiger partial charge in [-0.1, -0.05) is 29.0 Å². The molecule has 0 fully saturated rings. The number of carbonyl (C=O) groups excluding carboxylic acids is 3. The van der Waals surface area contributed by atoms with E-state index in [0.29, 0.717) is 10.7 Å². The van der Waals surface area contributed by atoms with Crippen LogP contribution < -0.4 is 10.6 Å². The van der Waals surface area contributed by atoms with Crippen molar-refractivity contribution in [1.82, 2.24) is 20.1 Å². The van der Waals surface area contributed by atoms with Crippen LogP contribution in [-0.4, -0.2) is 51.0 Å². The third-order valence-corrected chi connectivity index (χ3v) is 6.38. The Kier molecular flexibility index (Phi) is 9.66. The van der Waals surface area contributed by atoms with Crippen molar-refractivity contribution in [3.05, 3.63) is 69.1 Å². The largest absolute Gasteiger partial charge is 0.471 e. The Balaban J connectivity index is 1.91. The molecule has 220 valence electrons. The molecular formula is C22H15Cl2F6N6O4S-. The molecule has 0 atom stereocenters. The molecule has 3 aromatic rings. The highest BCUT2D eigenvalue weighted by Gasteiger charge is 2.37. The van der Waals surface area contributed by atoms with Gasteiger partial charge in [0, 0.05) is 23.8 Å². The molecule has 41 heavy (non-hydrogen) atoms. The van der Waals surface area contributed by atoms with Gasteiger partial charge in [-0.05, 0) is 36.8 Å². The zero-order chi connectivity index (χ0) is 30.7. The third kappa shape index (κ3) is 7.95. The minimum atomic E-state index is -5.32. The zero-order valence-corrected chi connectivity index (χ0v) is 22.6. The number of aryl methyl sites for hydroxylation is 1. The number of carbonyl (C=O) groups is 3. The molecule has 0 aliphatic heterocycles. The molecule has 19 heteroatoms. The molecule has 0 aliphatic rings. The number of rotatable bonds is 7. The molecule has 2 aromatic heterocycles. The van der Waals surface area contributed by atoms with E-state index in [9.17, 15) is 44.9 Å². The Morgan fingerprint density at radius 1 is 1.07 bits per heavy atom. The van der Waals surface area contributed by atoms with Gasteiger partial charge in [-0.2, -0.15) is 42.0 Å². The number of halogens is 8. The van der Waals surface area contributed by atoms with E-state index >= 15 is 0 Å². The molecule has 1 aromatic carbocycles. The molecule has 0 radical (unpaired) electrons. The van der Waals surface area contributed by atoms with Crippen LogP contribution in [0.25, 0.3) is 5.82 Å². The minimum absolute atomic E-state index is 0.0182. The number of nitrogens with one attached hydrogen (secondary N) is 2. The Hall–Kier alpha value is -3.70. The molecule has 2 N–H and O–H groups in total. The van der Waals surface area contributed by atoms with Crippen molar-refractivity contribution in [1.29, 1.82) is 0 Å². The maximum atomic E-state index is 13.4. The number of hydrogen-bond acceptors (Lipinski definition) is 7. The number of nitrogens with zero attached hydrogens (tertiary/aromatic N) is 4. The maximum Gasteiger partial charge on any atom is 0.471 e. The van der Waals surface area contributed by atoms with E-state index in [1.807, 2.05) is 0 Å². The molecule has 0 bridgehead atoms. The lowest BCUT2D eigenvalue weighted by molar-refractivity contribution is -0.169. The van der Waals surface area contributed by atoms with Gasteiger partial charge in [0.05, 0.1) is 16.3 Å². The summed E-state index contributed by atoms with van der Waals surface area (Å²) in [5.74, 6) is -5.62. The van der Waals surface area contributed by atoms with E-state index in [0.717, 1.165) is 6.07 Å². The van der Waals surface area contributed by atoms with Crippen LogP contribution in [0.3, 0.4) is 0 Å². The van der Waals surface area contributed by atoms with E-state index in [1.54, 1.807) is 0 Å². The van der Waals surface area contributed by atoms with Gasteiger partial charge in [0.1, 0.15) is 5.69 Å². The van der Waals surface area contributed by atoms with Crippen molar-refractivity contribution in [3.8, 4) is 5.82 Å². The van der Waals surface area contributed by atoms with Gasteiger partial charge < -0.3 is 19.2 Å². The molecule has 0 unspecified atom stereocenters. The second kappa shape index (κ2) is 12.4. The van der Waals surface area contributed by atoms with Crippen LogP contribution in [0.15, 0.2) is 40.9 Å². The van der Waals surface area contributed by atoms with Gasteiger partial charge in [-0.3, -0.25) is 14.4 Å². The summed E-state index contributed by atoms with van der Waals surface area (Å²) in [6.07, 6.45) is -9.05. The fraction of sp³-hybridized carbons (Fsp3) is 0.227. The number of hydrogen-bond donors (Lipinski definition) is 2. The number of aromatic nitrogens is 3. The third-order valence-electron chi connectivity index (χ3n) is 4.95. The molecule has 2 heterocycles. The highest BCUT2D eigenvalue weighted by Crippen LogP contribution is 2.32. The second-order valence-corrected chi connectivity index (χ2v) is 9.99. The van der Waals surface area contributed by atoms with Gasteiger partial charge >= 0.3 is 18.3 Å². The standard InChI is InChI=1S/C22H15Cl2F6N6O4S/c1-10-7-11(23)8-12(18(37)32-5-6-41(40)35-20(39)22(28,29)30)16(10)33-19(38)14-9-15(21(25,26)27)34-36(14)17-13(24)3-2-4-31-17/h2-4,7-9H,5-6H2,1H3,(H,32,37)(H,33,38)/q-1. The van der Waals surface area contributed by atoms with E-state index in [2.05, 4.69) is 25.1 Å². The SMILES string of the molecule is Cc1cc(Cl)cc(C(=O)NCC[S-](=O)=NC(=O)C(F)(F)F)c1NC(=O)c1cc(C(F)(F)F)nn1-c1ncccc1Cl. The molecule has 0 aliphatic carbocycles. The number of amides is 3. The summed E-state index contributed by atoms with van der Waals surface area (Å²) in [5.41, 5.74) is -2.37. The van der Waals surface area contributed by atoms with Crippen LogP contribution in [-0.2, 0) is 25.8 Å². The summed E-state index contributed by atoms with van der Waals surface area (Å²) in [5, 5.41) is 7.87. The van der Waals surface area contributed by atoms with Crippen molar-refractivity contribution < 1.29 is 44.9 Å². The number of anilines is 1. The predicted octanol–water partition coefficient (Wildman–Crippen LogP) is 5.12. The van der Waals surface area contributed by atoms with Gasteiger partial charge in [0.15, 0.2) is 11.5 Å². The average Bonchev–Trinajstić information content (AvgIpc) is 3.31. The van der Waals surface area contributed by atoms with Crippen LogP contribution in [0.4, 0.5) is 32.0 Å². The lowest BCUT2D eigenvalue weighted by Crippen LogP contribution is -2.29. The van der Waals surface area contributed by atoms with Gasteiger partial charge in [0.25, 0.3) is 11.8 Å². The molecule has 0 spiro atoms. The van der Waals surface area contributed by atoms with Crippen LogP contribution >= 0.6 is 23.2 Å². The summed E-state index contributed by atoms with van der Waals surface area (Å²) in [6.45, 7) is 0.905. The van der Waals surface area contributed by atoms with Crippen molar-refractivity contribution >= 4 is 57.2 Å². The normalized spacial score (nSPS) is 12.7. The summed E-state index contributed by atoms with van der Waals surface area (Å²) < 4.78 is 91.8. The smallest absolute Gasteiger partial charge is 0.444 e. The predicted molar refractivity (Wildman–Crippen MR) is 134 cm³/mol. The van der Waals surface area contributed by atoms with Gasteiger partial charge in [-0.25, -0.2) is 9.67 Å². The molecule has 0 saturated carbocycles. The van der Waals surface area contributed by atoms with E-state index in [4.69, 9.17) is 23.2 Å². The van der Waals surface area contributed by atoms with E-state index in [1.165, 1.54) is 31.3 Å². The number of benzene rings is 1. The van der Waals surface area contributed by atoms with Gasteiger partial charge in [-0.15, -0.1) is 0 Å². The molecule has 0 saturated heterocycles. The van der Waals surface area contributed by atoms with Crippen molar-refractivity contribution in [3.63, 3.8) is 0 Å². The molecule has 3 rings (SSSR count). The first-order valence-electron chi connectivity index (χ1n) is 10.9. The van der Waals surface area contributed by atoms with Crippen LogP contribution in [0, 0.1) is 6.92 Å². The highest BCUT2D eigenvalue weighted by molar-refractivity contribution is 7.75. The summed E-state index contributed by atoms with van der Waals surface area (Å²) in [4.78, 5) is 40.7. The first-order chi connectivity index (χ1) is 19.0. The summed E-state index contributed by atoms with van der Waals surface area (Å²) in [7, 11) is -2.62. The Bertz CT molecular complexity index is 1600. The van der Waals surface area contributed by atoms with Crippen LogP contribution in [0.5, 0.6) is 0 Å². The van der Waals surface area contributed by atoms with Crippen molar-refractivity contribution in [2.24, 2.45) is 4.36 Å². The highest BCUT2D eigenvalue weighted by atomic mass is 35.5. The Labute approximate surface area is 238 Å². The summed E-state index contributed by atoms with van der Waals surface area (Å²) in [6, 6.07) is 5.60.